The van der Waals surface area contributed by atoms with Crippen LogP contribution in [0.25, 0.3) is 0 Å². The number of ether oxygens (including phenoxy) is 3. The predicted molar refractivity (Wildman–Crippen MR) is 279 cm³/mol. The van der Waals surface area contributed by atoms with E-state index in [0.717, 1.165) is 83.5 Å². The summed E-state index contributed by atoms with van der Waals surface area (Å²) in [5, 5.41) is 0. The number of hydrogen-bond acceptors (Lipinski definition) is 6. The lowest BCUT2D eigenvalue weighted by Gasteiger charge is -2.18. The van der Waals surface area contributed by atoms with Crippen molar-refractivity contribution in [3.8, 4) is 0 Å². The molecule has 0 N–H and O–H groups in total. The van der Waals surface area contributed by atoms with Gasteiger partial charge in [0, 0.05) is 19.3 Å². The quantitative estimate of drug-likeness (QED) is 0.0262. The van der Waals surface area contributed by atoms with Crippen molar-refractivity contribution < 1.29 is 28.6 Å². The zero-order chi connectivity index (χ0) is 47.2. The zero-order valence-corrected chi connectivity index (χ0v) is 43.0. The Hall–Kier alpha value is -2.89. The van der Waals surface area contributed by atoms with Crippen molar-refractivity contribution in [1.82, 2.24) is 0 Å². The molecule has 0 unspecified atom stereocenters. The molecule has 6 nitrogen and oxygen atoms in total. The Labute approximate surface area is 402 Å². The second-order valence-electron chi connectivity index (χ2n) is 18.5. The Kier molecular flexibility index (Phi) is 51.3. The van der Waals surface area contributed by atoms with Gasteiger partial charge in [-0.25, -0.2) is 0 Å². The third kappa shape index (κ3) is 51.9. The van der Waals surface area contributed by atoms with Gasteiger partial charge in [-0.2, -0.15) is 0 Å². The van der Waals surface area contributed by atoms with Crippen LogP contribution in [0.5, 0.6) is 0 Å². The average Bonchev–Trinajstić information content (AvgIpc) is 3.30. The zero-order valence-electron chi connectivity index (χ0n) is 43.0. The molecule has 0 amide bonds. The van der Waals surface area contributed by atoms with E-state index in [1.54, 1.807) is 0 Å². The van der Waals surface area contributed by atoms with E-state index in [9.17, 15) is 14.4 Å². The van der Waals surface area contributed by atoms with Crippen LogP contribution in [0.2, 0.25) is 0 Å². The highest BCUT2D eigenvalue weighted by Crippen LogP contribution is 2.15. The van der Waals surface area contributed by atoms with E-state index >= 15 is 0 Å². The van der Waals surface area contributed by atoms with E-state index in [4.69, 9.17) is 14.2 Å². The fraction of sp³-hybridized carbons (Fsp3) is 0.780. The monoisotopic (exact) mass is 909 g/mol. The highest BCUT2D eigenvalue weighted by Gasteiger charge is 2.19. The number of carbonyl (C=O) groups excluding carboxylic acids is 3. The highest BCUT2D eigenvalue weighted by atomic mass is 16.6. The van der Waals surface area contributed by atoms with Gasteiger partial charge in [0.15, 0.2) is 6.10 Å². The number of unbranched alkanes of at least 4 members (excludes halogenated alkanes) is 29. The molecule has 0 aliphatic carbocycles. The first-order chi connectivity index (χ1) is 32.0. The van der Waals surface area contributed by atoms with Crippen molar-refractivity contribution in [3.05, 3.63) is 60.8 Å². The summed E-state index contributed by atoms with van der Waals surface area (Å²) in [6, 6.07) is 0. The maximum atomic E-state index is 12.8. The molecule has 0 aromatic heterocycles. The minimum absolute atomic E-state index is 0.0817. The molecule has 65 heavy (non-hydrogen) atoms. The molecule has 0 aliphatic heterocycles. The molecule has 0 spiro atoms. The minimum atomic E-state index is -0.782. The van der Waals surface area contributed by atoms with Gasteiger partial charge >= 0.3 is 17.9 Å². The molecule has 0 heterocycles. The Morgan fingerprint density at radius 1 is 0.308 bits per heavy atom. The van der Waals surface area contributed by atoms with Gasteiger partial charge in [0.25, 0.3) is 0 Å². The average molecular weight is 909 g/mol. The van der Waals surface area contributed by atoms with E-state index in [0.29, 0.717) is 19.3 Å². The maximum Gasteiger partial charge on any atom is 0.306 e. The molecular formula is C59H104O6. The molecule has 376 valence electrons. The highest BCUT2D eigenvalue weighted by molar-refractivity contribution is 5.71. The number of hydrogen-bond donors (Lipinski definition) is 0. The molecule has 0 fully saturated rings. The number of esters is 3. The van der Waals surface area contributed by atoms with E-state index < -0.39 is 6.10 Å². The maximum absolute atomic E-state index is 12.8. The fourth-order valence-electron chi connectivity index (χ4n) is 7.72. The Morgan fingerprint density at radius 3 is 0.908 bits per heavy atom. The summed E-state index contributed by atoms with van der Waals surface area (Å²) in [7, 11) is 0. The van der Waals surface area contributed by atoms with Crippen LogP contribution in [0.4, 0.5) is 0 Å². The summed E-state index contributed by atoms with van der Waals surface area (Å²) in [5.74, 6) is -0.896. The van der Waals surface area contributed by atoms with Gasteiger partial charge in [0.05, 0.1) is 0 Å². The van der Waals surface area contributed by atoms with E-state index in [1.165, 1.54) is 154 Å². The van der Waals surface area contributed by atoms with Crippen molar-refractivity contribution in [3.63, 3.8) is 0 Å². The van der Waals surface area contributed by atoms with Gasteiger partial charge in [0.2, 0.25) is 0 Å². The first-order valence-electron chi connectivity index (χ1n) is 27.8. The van der Waals surface area contributed by atoms with Gasteiger partial charge in [-0.1, -0.05) is 216 Å². The van der Waals surface area contributed by atoms with Crippen molar-refractivity contribution in [2.45, 2.75) is 284 Å². The van der Waals surface area contributed by atoms with Crippen molar-refractivity contribution in [1.29, 1.82) is 0 Å². The smallest absolute Gasteiger partial charge is 0.306 e. The SMILES string of the molecule is CCCC/C=C\CCCCCCCC(=O)OC[C@@H](COC(=O)CCCCCCCCCCC/C=C\C/C=C\CCCCC)OC(=O)CCCCCCCCC/C=C\C/C=C\CCCCC. The van der Waals surface area contributed by atoms with E-state index in [2.05, 4.69) is 81.5 Å². The molecule has 0 radical (unpaired) electrons. The first kappa shape index (κ1) is 62.1. The molecular weight excluding hydrogens is 805 g/mol. The van der Waals surface area contributed by atoms with Crippen LogP contribution in [-0.4, -0.2) is 37.2 Å². The van der Waals surface area contributed by atoms with Crippen LogP contribution in [0.3, 0.4) is 0 Å². The summed E-state index contributed by atoms with van der Waals surface area (Å²) in [4.78, 5) is 38.1. The summed E-state index contributed by atoms with van der Waals surface area (Å²) >= 11 is 0. The summed E-state index contributed by atoms with van der Waals surface area (Å²) in [6.45, 7) is 6.55. The molecule has 0 saturated heterocycles. The van der Waals surface area contributed by atoms with Gasteiger partial charge in [-0.05, 0) is 103 Å². The summed E-state index contributed by atoms with van der Waals surface area (Å²) < 4.78 is 16.8. The van der Waals surface area contributed by atoms with Crippen molar-refractivity contribution in [2.75, 3.05) is 13.2 Å². The molecule has 6 heteroatoms. The lowest BCUT2D eigenvalue weighted by Crippen LogP contribution is -2.30. The van der Waals surface area contributed by atoms with E-state index in [-0.39, 0.29) is 31.1 Å². The lowest BCUT2D eigenvalue weighted by atomic mass is 10.1. The van der Waals surface area contributed by atoms with Gasteiger partial charge in [0.1, 0.15) is 13.2 Å². The lowest BCUT2D eigenvalue weighted by molar-refractivity contribution is -0.167. The number of rotatable bonds is 50. The van der Waals surface area contributed by atoms with Crippen molar-refractivity contribution >= 4 is 17.9 Å². The Morgan fingerprint density at radius 2 is 0.569 bits per heavy atom. The van der Waals surface area contributed by atoms with Crippen LogP contribution < -0.4 is 0 Å². The molecule has 0 saturated carbocycles. The number of carbonyl (C=O) groups is 3. The second-order valence-corrected chi connectivity index (χ2v) is 18.5. The normalized spacial score (nSPS) is 12.5. The largest absolute Gasteiger partial charge is 0.462 e. The van der Waals surface area contributed by atoms with Gasteiger partial charge in [-0.3, -0.25) is 14.4 Å². The molecule has 0 aromatic rings. The van der Waals surface area contributed by atoms with Crippen LogP contribution in [-0.2, 0) is 28.6 Å². The minimum Gasteiger partial charge on any atom is -0.462 e. The second kappa shape index (κ2) is 53.7. The fourth-order valence-corrected chi connectivity index (χ4v) is 7.72. The van der Waals surface area contributed by atoms with Crippen molar-refractivity contribution in [2.24, 2.45) is 0 Å². The van der Waals surface area contributed by atoms with E-state index in [1.807, 2.05) is 0 Å². The summed E-state index contributed by atoms with van der Waals surface area (Å²) in [6.07, 6.45) is 66.3. The van der Waals surface area contributed by atoms with Crippen LogP contribution in [0, 0.1) is 0 Å². The molecule has 0 aromatic carbocycles. The molecule has 0 bridgehead atoms. The number of allylic oxidation sites excluding steroid dienone is 10. The third-order valence-corrected chi connectivity index (χ3v) is 12.0. The van der Waals surface area contributed by atoms with Crippen LogP contribution in [0.1, 0.15) is 278 Å². The molecule has 0 aliphatic rings. The third-order valence-electron chi connectivity index (χ3n) is 12.0. The van der Waals surface area contributed by atoms with Crippen LogP contribution >= 0.6 is 0 Å². The topological polar surface area (TPSA) is 78.9 Å². The van der Waals surface area contributed by atoms with Crippen LogP contribution in [0.15, 0.2) is 60.8 Å². The summed E-state index contributed by atoms with van der Waals surface area (Å²) in [5.41, 5.74) is 0. The Bertz CT molecular complexity index is 1180. The first-order valence-corrected chi connectivity index (χ1v) is 27.8. The molecule has 0 rings (SSSR count). The molecule has 1 atom stereocenters. The standard InChI is InChI=1S/C59H104O6/c1-4-7-10-13-16-19-22-24-26-28-29-31-32-34-37-40-43-46-49-52-58(61)64-55-56(54-63-57(60)51-48-45-42-39-36-21-18-15-12-9-6-3)65-59(62)53-50-47-44-41-38-35-33-30-27-25-23-20-17-14-11-8-5-2/h15-20,24-27,56H,4-14,21-23,28-55H2,1-3H3/b18-15-,19-16-,20-17-,26-24-,27-25-/t56-/m0/s1. The van der Waals surface area contributed by atoms with Gasteiger partial charge in [-0.15, -0.1) is 0 Å². The Balaban J connectivity index is 4.35. The van der Waals surface area contributed by atoms with Gasteiger partial charge < -0.3 is 14.2 Å². The predicted octanol–water partition coefficient (Wildman–Crippen LogP) is 18.4.